The molecular formula is C22H44IN5O2. The first kappa shape index (κ1) is 27.3. The molecule has 2 aliphatic heterocycles. The molecule has 2 atom stereocenters. The van der Waals surface area contributed by atoms with E-state index in [1.807, 2.05) is 25.7 Å². The molecule has 2 bridgehead atoms. The summed E-state index contributed by atoms with van der Waals surface area (Å²) in [6.07, 6.45) is 5.07. The van der Waals surface area contributed by atoms with Crippen LogP contribution in [0.4, 0.5) is 4.79 Å². The number of aliphatic imine (C=N–C) groups is 1. The molecule has 0 spiro atoms. The van der Waals surface area contributed by atoms with Gasteiger partial charge in [0.2, 0.25) is 0 Å². The highest BCUT2D eigenvalue weighted by Crippen LogP contribution is 2.36. The second kappa shape index (κ2) is 12.9. The maximum absolute atomic E-state index is 12.6. The van der Waals surface area contributed by atoms with Crippen LogP contribution in [0.5, 0.6) is 0 Å². The summed E-state index contributed by atoms with van der Waals surface area (Å²) >= 11 is 0. The number of guanidine groups is 1. The smallest absolute Gasteiger partial charge is 0.410 e. The van der Waals surface area contributed by atoms with Crippen LogP contribution in [0.15, 0.2) is 4.99 Å². The van der Waals surface area contributed by atoms with Crippen molar-refractivity contribution in [2.45, 2.75) is 97.4 Å². The third-order valence-corrected chi connectivity index (χ3v) is 5.70. The Morgan fingerprint density at radius 1 is 1.13 bits per heavy atom. The highest BCUT2D eigenvalue weighted by atomic mass is 127. The summed E-state index contributed by atoms with van der Waals surface area (Å²) in [5.74, 6) is 0.898. The van der Waals surface area contributed by atoms with E-state index in [2.05, 4.69) is 36.3 Å². The van der Waals surface area contributed by atoms with Crippen LogP contribution in [0.1, 0.15) is 73.6 Å². The minimum atomic E-state index is -0.444. The topological polar surface area (TPSA) is 69.2 Å². The molecule has 0 aromatic heterocycles. The third kappa shape index (κ3) is 8.40. The Kier molecular flexibility index (Phi) is 11.8. The quantitative estimate of drug-likeness (QED) is 0.280. The maximum Gasteiger partial charge on any atom is 0.410 e. The first-order chi connectivity index (χ1) is 13.8. The summed E-state index contributed by atoms with van der Waals surface area (Å²) < 4.78 is 5.64. The van der Waals surface area contributed by atoms with Crippen LogP contribution < -0.4 is 10.6 Å². The van der Waals surface area contributed by atoms with E-state index >= 15 is 0 Å². The lowest BCUT2D eigenvalue weighted by Gasteiger charge is -2.40. The molecule has 0 aliphatic carbocycles. The number of likely N-dealkylation sites (N-methyl/N-ethyl adjacent to an activating group) is 1. The van der Waals surface area contributed by atoms with Crippen LogP contribution in [0.25, 0.3) is 0 Å². The average molecular weight is 538 g/mol. The predicted octanol–water partition coefficient (Wildman–Crippen LogP) is 3.82. The molecule has 2 rings (SSSR count). The SMILES string of the molecule is CCCN(CC)CCN=C(NCC)NC1CC2CCC(C1)N2C(=O)OC(C)(C)C.I. The molecule has 0 radical (unpaired) electrons. The Morgan fingerprint density at radius 2 is 1.77 bits per heavy atom. The fourth-order valence-electron chi connectivity index (χ4n) is 4.47. The van der Waals surface area contributed by atoms with Gasteiger partial charge in [0.15, 0.2) is 5.96 Å². The Hall–Kier alpha value is -0.770. The van der Waals surface area contributed by atoms with Crippen molar-refractivity contribution >= 4 is 36.0 Å². The lowest BCUT2D eigenvalue weighted by Crippen LogP contribution is -2.55. The first-order valence-corrected chi connectivity index (χ1v) is 11.6. The molecule has 30 heavy (non-hydrogen) atoms. The highest BCUT2D eigenvalue weighted by Gasteiger charge is 2.45. The van der Waals surface area contributed by atoms with Gasteiger partial charge in [0.25, 0.3) is 0 Å². The van der Waals surface area contributed by atoms with Crippen LogP contribution in [0.3, 0.4) is 0 Å². The molecular weight excluding hydrogens is 493 g/mol. The standard InChI is InChI=1S/C22H43N5O2.HI/c1-7-13-26(9-3)14-12-24-20(23-8-2)25-17-15-18-10-11-19(16-17)27(18)21(28)29-22(4,5)6;/h17-19H,7-16H2,1-6H3,(H2,23,24,25);1H. The van der Waals surface area contributed by atoms with Gasteiger partial charge >= 0.3 is 6.09 Å². The Bertz CT molecular complexity index is 538. The van der Waals surface area contributed by atoms with Crippen molar-refractivity contribution in [2.75, 3.05) is 32.7 Å². The predicted molar refractivity (Wildman–Crippen MR) is 135 cm³/mol. The van der Waals surface area contributed by atoms with E-state index in [0.717, 1.165) is 64.4 Å². The van der Waals surface area contributed by atoms with Gasteiger partial charge in [-0.1, -0.05) is 13.8 Å². The lowest BCUT2D eigenvalue weighted by molar-refractivity contribution is 0.00545. The van der Waals surface area contributed by atoms with E-state index < -0.39 is 5.60 Å². The van der Waals surface area contributed by atoms with Gasteiger partial charge in [0.1, 0.15) is 5.60 Å². The van der Waals surface area contributed by atoms with Gasteiger partial charge < -0.3 is 25.2 Å². The third-order valence-electron chi connectivity index (χ3n) is 5.70. The van der Waals surface area contributed by atoms with Gasteiger partial charge in [-0.25, -0.2) is 4.79 Å². The number of rotatable bonds is 8. The van der Waals surface area contributed by atoms with Crippen LogP contribution in [0.2, 0.25) is 0 Å². The molecule has 0 saturated carbocycles. The fourth-order valence-corrected chi connectivity index (χ4v) is 4.47. The summed E-state index contributed by atoms with van der Waals surface area (Å²) in [6, 6.07) is 0.884. The molecule has 2 heterocycles. The summed E-state index contributed by atoms with van der Waals surface area (Å²) in [5, 5.41) is 7.01. The molecule has 2 N–H and O–H groups in total. The number of ether oxygens (including phenoxy) is 1. The minimum absolute atomic E-state index is 0. The molecule has 2 saturated heterocycles. The Labute approximate surface area is 200 Å². The summed E-state index contributed by atoms with van der Waals surface area (Å²) in [5.41, 5.74) is -0.444. The van der Waals surface area contributed by atoms with Crippen molar-refractivity contribution in [1.82, 2.24) is 20.4 Å². The van der Waals surface area contributed by atoms with Gasteiger partial charge in [0.05, 0.1) is 6.54 Å². The van der Waals surface area contributed by atoms with Crippen molar-refractivity contribution in [3.8, 4) is 0 Å². The molecule has 176 valence electrons. The molecule has 7 nitrogen and oxygen atoms in total. The maximum atomic E-state index is 12.6. The summed E-state index contributed by atoms with van der Waals surface area (Å²) in [4.78, 5) is 21.9. The number of hydrogen-bond donors (Lipinski definition) is 2. The molecule has 2 aliphatic rings. The second-order valence-electron chi connectivity index (χ2n) is 9.28. The molecule has 8 heteroatoms. The van der Waals surface area contributed by atoms with Gasteiger partial charge in [-0.2, -0.15) is 0 Å². The number of fused-ring (bicyclic) bond motifs is 2. The van der Waals surface area contributed by atoms with Crippen molar-refractivity contribution < 1.29 is 9.53 Å². The normalized spacial score (nSPS) is 23.9. The summed E-state index contributed by atoms with van der Waals surface area (Å²) in [7, 11) is 0. The van der Waals surface area contributed by atoms with Crippen LogP contribution >= 0.6 is 24.0 Å². The van der Waals surface area contributed by atoms with Crippen LogP contribution in [-0.4, -0.2) is 78.3 Å². The minimum Gasteiger partial charge on any atom is -0.444 e. The average Bonchev–Trinajstić information content (AvgIpc) is 2.91. The van der Waals surface area contributed by atoms with E-state index in [-0.39, 0.29) is 42.2 Å². The second-order valence-corrected chi connectivity index (χ2v) is 9.28. The van der Waals surface area contributed by atoms with Crippen molar-refractivity contribution in [3.63, 3.8) is 0 Å². The van der Waals surface area contributed by atoms with Crippen molar-refractivity contribution in [2.24, 2.45) is 4.99 Å². The number of nitrogens with one attached hydrogen (secondary N) is 2. The highest BCUT2D eigenvalue weighted by molar-refractivity contribution is 14.0. The molecule has 2 fully saturated rings. The first-order valence-electron chi connectivity index (χ1n) is 11.6. The molecule has 2 unspecified atom stereocenters. The fraction of sp³-hybridized carbons (Fsp3) is 0.909. The van der Waals surface area contributed by atoms with Gasteiger partial charge in [0, 0.05) is 31.2 Å². The van der Waals surface area contributed by atoms with E-state index in [9.17, 15) is 4.79 Å². The number of nitrogens with zero attached hydrogens (tertiary/aromatic N) is 3. The Balaban J connectivity index is 0.00000450. The zero-order valence-corrected chi connectivity index (χ0v) is 22.2. The van der Waals surface area contributed by atoms with E-state index in [1.165, 1.54) is 6.42 Å². The monoisotopic (exact) mass is 537 g/mol. The van der Waals surface area contributed by atoms with Gasteiger partial charge in [-0.05, 0) is 72.9 Å². The summed E-state index contributed by atoms with van der Waals surface area (Å²) in [6.45, 7) is 17.1. The number of piperidine rings is 1. The number of hydrogen-bond acceptors (Lipinski definition) is 4. The van der Waals surface area contributed by atoms with E-state index in [4.69, 9.17) is 9.73 Å². The number of carbonyl (C=O) groups is 1. The molecule has 1 amide bonds. The molecule has 0 aromatic carbocycles. The molecule has 0 aromatic rings. The van der Waals surface area contributed by atoms with Gasteiger partial charge in [-0.3, -0.25) is 4.99 Å². The zero-order valence-electron chi connectivity index (χ0n) is 19.9. The van der Waals surface area contributed by atoms with Gasteiger partial charge in [-0.15, -0.1) is 24.0 Å². The largest absolute Gasteiger partial charge is 0.444 e. The van der Waals surface area contributed by atoms with Crippen molar-refractivity contribution in [1.29, 1.82) is 0 Å². The zero-order chi connectivity index (χ0) is 21.4. The van der Waals surface area contributed by atoms with Crippen LogP contribution in [0, 0.1) is 0 Å². The number of halogens is 1. The van der Waals surface area contributed by atoms with Crippen molar-refractivity contribution in [3.05, 3.63) is 0 Å². The van der Waals surface area contributed by atoms with Crippen LogP contribution in [-0.2, 0) is 4.74 Å². The number of amides is 1. The number of carbonyl (C=O) groups excluding carboxylic acids is 1. The lowest BCUT2D eigenvalue weighted by atomic mass is 9.98. The van der Waals surface area contributed by atoms with E-state index in [1.54, 1.807) is 0 Å². The van der Waals surface area contributed by atoms with E-state index in [0.29, 0.717) is 6.04 Å². The Morgan fingerprint density at radius 3 is 2.27 bits per heavy atom.